The third kappa shape index (κ3) is 4.73. The number of thiophene rings is 1. The summed E-state index contributed by atoms with van der Waals surface area (Å²) in [5.41, 5.74) is 2.97. The van der Waals surface area contributed by atoms with Gasteiger partial charge in [-0.2, -0.15) is 9.29 Å². The fourth-order valence-electron chi connectivity index (χ4n) is 3.95. The molecule has 1 aliphatic rings. The summed E-state index contributed by atoms with van der Waals surface area (Å²) < 4.78 is 33.3. The van der Waals surface area contributed by atoms with Gasteiger partial charge in [-0.1, -0.05) is 24.2 Å². The molecular weight excluding hydrogens is 460 g/mol. The van der Waals surface area contributed by atoms with E-state index in [9.17, 15) is 13.2 Å². The van der Waals surface area contributed by atoms with Crippen LogP contribution in [0.25, 0.3) is 10.7 Å². The molecule has 0 aliphatic carbocycles. The van der Waals surface area contributed by atoms with Gasteiger partial charge >= 0.3 is 0 Å². The number of carbonyl (C=O) groups excluding carboxylic acids is 1. The number of aryl methyl sites for hydroxylation is 3. The molecule has 4 rings (SSSR count). The minimum absolute atomic E-state index is 0.0569. The van der Waals surface area contributed by atoms with Crippen LogP contribution in [0.3, 0.4) is 0 Å². The van der Waals surface area contributed by atoms with Crippen LogP contribution in [0.1, 0.15) is 41.7 Å². The van der Waals surface area contributed by atoms with Crippen LogP contribution in [0.4, 0.5) is 5.69 Å². The third-order valence-electron chi connectivity index (χ3n) is 6.17. The van der Waals surface area contributed by atoms with Crippen LogP contribution in [0.2, 0.25) is 0 Å². The van der Waals surface area contributed by atoms with E-state index < -0.39 is 10.0 Å². The lowest BCUT2D eigenvalue weighted by Gasteiger charge is -2.30. The maximum Gasteiger partial charge on any atom is 0.244 e. The van der Waals surface area contributed by atoms with Crippen LogP contribution in [-0.2, 0) is 21.2 Å². The highest BCUT2D eigenvalue weighted by molar-refractivity contribution is 7.89. The van der Waals surface area contributed by atoms with Gasteiger partial charge in [0.15, 0.2) is 0 Å². The van der Waals surface area contributed by atoms with Crippen LogP contribution in [0.15, 0.2) is 33.7 Å². The molecule has 1 amide bonds. The highest BCUT2D eigenvalue weighted by Crippen LogP contribution is 2.35. The molecule has 1 fully saturated rings. The number of aromatic nitrogens is 2. The van der Waals surface area contributed by atoms with Crippen molar-refractivity contribution in [3.63, 3.8) is 0 Å². The third-order valence-corrected chi connectivity index (χ3v) is 9.37. The van der Waals surface area contributed by atoms with Crippen molar-refractivity contribution in [2.24, 2.45) is 5.92 Å². The van der Waals surface area contributed by atoms with Gasteiger partial charge in [-0.05, 0) is 56.9 Å². The van der Waals surface area contributed by atoms with Crippen LogP contribution in [0, 0.1) is 26.7 Å². The van der Waals surface area contributed by atoms with Crippen molar-refractivity contribution in [2.45, 2.75) is 51.9 Å². The molecule has 1 saturated heterocycles. The molecule has 0 spiro atoms. The van der Waals surface area contributed by atoms with Gasteiger partial charge in [0.2, 0.25) is 27.6 Å². The highest BCUT2D eigenvalue weighted by atomic mass is 32.2. The molecule has 0 unspecified atom stereocenters. The number of rotatable bonds is 6. The second-order valence-corrected chi connectivity index (χ2v) is 11.5. The number of amides is 1. The van der Waals surface area contributed by atoms with E-state index in [0.717, 1.165) is 16.8 Å². The van der Waals surface area contributed by atoms with Crippen LogP contribution in [-0.4, -0.2) is 41.9 Å². The molecule has 0 saturated carbocycles. The van der Waals surface area contributed by atoms with Gasteiger partial charge in [-0.25, -0.2) is 8.42 Å². The summed E-state index contributed by atoms with van der Waals surface area (Å²) in [6.07, 6.45) is 1.59. The van der Waals surface area contributed by atoms with Gasteiger partial charge < -0.3 is 9.84 Å². The Kier molecular flexibility index (Phi) is 6.69. The van der Waals surface area contributed by atoms with Crippen molar-refractivity contribution in [3.05, 3.63) is 46.2 Å². The lowest BCUT2D eigenvalue weighted by atomic mass is 9.97. The van der Waals surface area contributed by atoms with E-state index in [1.54, 1.807) is 13.0 Å². The minimum Gasteiger partial charge on any atom is -0.339 e. The average Bonchev–Trinajstić information content (AvgIpc) is 3.44. The van der Waals surface area contributed by atoms with Crippen LogP contribution in [0.5, 0.6) is 0 Å². The van der Waals surface area contributed by atoms with Gasteiger partial charge in [0.1, 0.15) is 0 Å². The van der Waals surface area contributed by atoms with Gasteiger partial charge in [-0.3, -0.25) is 4.79 Å². The van der Waals surface area contributed by atoms with Crippen LogP contribution < -0.4 is 5.32 Å². The van der Waals surface area contributed by atoms with Crippen LogP contribution >= 0.6 is 11.3 Å². The first-order valence-electron chi connectivity index (χ1n) is 11.0. The Labute approximate surface area is 198 Å². The summed E-state index contributed by atoms with van der Waals surface area (Å²) in [7, 11) is -3.67. The molecule has 1 aliphatic heterocycles. The first-order chi connectivity index (χ1) is 15.7. The molecule has 176 valence electrons. The fraction of sp³-hybridized carbons (Fsp3) is 0.435. The molecule has 0 atom stereocenters. The van der Waals surface area contributed by atoms with Gasteiger partial charge in [-0.15, -0.1) is 11.3 Å². The minimum atomic E-state index is -3.67. The van der Waals surface area contributed by atoms with E-state index in [2.05, 4.69) is 15.5 Å². The quantitative estimate of drug-likeness (QED) is 0.554. The number of piperidine rings is 1. The Bertz CT molecular complexity index is 1270. The van der Waals surface area contributed by atoms with E-state index in [1.807, 2.05) is 39.0 Å². The highest BCUT2D eigenvalue weighted by Gasteiger charge is 2.34. The maximum atomic E-state index is 13.3. The summed E-state index contributed by atoms with van der Waals surface area (Å²) in [6, 6.07) is 7.44. The van der Waals surface area contributed by atoms with Crippen molar-refractivity contribution in [3.8, 4) is 10.7 Å². The van der Waals surface area contributed by atoms with Crippen molar-refractivity contribution < 1.29 is 17.7 Å². The van der Waals surface area contributed by atoms with Crippen molar-refractivity contribution in [1.82, 2.24) is 14.4 Å². The van der Waals surface area contributed by atoms with E-state index >= 15 is 0 Å². The Hall–Kier alpha value is -2.56. The zero-order chi connectivity index (χ0) is 23.8. The largest absolute Gasteiger partial charge is 0.339 e. The molecule has 1 aromatic carbocycles. The zero-order valence-electron chi connectivity index (χ0n) is 19.2. The van der Waals surface area contributed by atoms with E-state index in [-0.39, 0.29) is 16.7 Å². The number of hydrogen-bond donors (Lipinski definition) is 1. The number of hydrogen-bond acceptors (Lipinski definition) is 7. The molecule has 3 aromatic rings. The lowest BCUT2D eigenvalue weighted by Crippen LogP contribution is -2.41. The normalized spacial score (nSPS) is 15.6. The van der Waals surface area contributed by atoms with E-state index in [4.69, 9.17) is 4.52 Å². The molecule has 33 heavy (non-hydrogen) atoms. The van der Waals surface area contributed by atoms with Crippen molar-refractivity contribution >= 4 is 33.0 Å². The van der Waals surface area contributed by atoms with Crippen molar-refractivity contribution in [2.75, 3.05) is 18.4 Å². The smallest absolute Gasteiger partial charge is 0.244 e. The first-order valence-corrected chi connectivity index (χ1v) is 13.3. The number of carbonyl (C=O) groups is 1. The SMILES string of the molecule is CCc1nc(-c2cc(S(=O)(=O)N3CCC(C(=O)Nc4cccc(C)c4C)CC3)c(C)s2)no1. The van der Waals surface area contributed by atoms with Crippen molar-refractivity contribution in [1.29, 1.82) is 0 Å². The molecule has 3 heterocycles. The van der Waals surface area contributed by atoms with E-state index in [0.29, 0.717) is 53.8 Å². The predicted octanol–water partition coefficient (Wildman–Crippen LogP) is 4.33. The Morgan fingerprint density at radius 3 is 2.64 bits per heavy atom. The second-order valence-electron chi connectivity index (χ2n) is 8.31. The summed E-state index contributed by atoms with van der Waals surface area (Å²) >= 11 is 1.34. The molecule has 10 heteroatoms. The zero-order valence-corrected chi connectivity index (χ0v) is 20.8. The molecule has 2 aromatic heterocycles. The number of nitrogens with zero attached hydrogens (tertiary/aromatic N) is 3. The number of sulfonamides is 1. The summed E-state index contributed by atoms with van der Waals surface area (Å²) in [6.45, 7) is 8.30. The second kappa shape index (κ2) is 9.36. The monoisotopic (exact) mass is 488 g/mol. The fourth-order valence-corrected chi connectivity index (χ4v) is 6.90. The molecule has 1 N–H and O–H groups in total. The number of anilines is 1. The Morgan fingerprint density at radius 2 is 1.97 bits per heavy atom. The number of nitrogens with one attached hydrogen (secondary N) is 1. The van der Waals surface area contributed by atoms with E-state index in [1.165, 1.54) is 15.6 Å². The maximum absolute atomic E-state index is 13.3. The first kappa shape index (κ1) is 23.6. The summed E-state index contributed by atoms with van der Waals surface area (Å²) in [5.74, 6) is 0.644. The topological polar surface area (TPSA) is 105 Å². The predicted molar refractivity (Wildman–Crippen MR) is 128 cm³/mol. The molecule has 0 radical (unpaired) electrons. The average molecular weight is 489 g/mol. The lowest BCUT2D eigenvalue weighted by molar-refractivity contribution is -0.120. The summed E-state index contributed by atoms with van der Waals surface area (Å²) in [4.78, 5) is 18.7. The standard InChI is InChI=1S/C23H28N4O4S2/c1-5-21-25-22(26-31-21)19-13-20(16(4)32-19)33(29,30)27-11-9-17(10-12-27)23(28)24-18-8-6-7-14(2)15(18)3/h6-8,13,17H,5,9-12H2,1-4H3,(H,24,28). The Balaban J connectivity index is 1.44. The molecule has 8 nitrogen and oxygen atoms in total. The Morgan fingerprint density at radius 1 is 1.24 bits per heavy atom. The van der Waals surface area contributed by atoms with Gasteiger partial charge in [0, 0.05) is 36.0 Å². The molecule has 0 bridgehead atoms. The van der Waals surface area contributed by atoms with Gasteiger partial charge in [0.25, 0.3) is 0 Å². The summed E-state index contributed by atoms with van der Waals surface area (Å²) in [5, 5.41) is 6.97. The van der Waals surface area contributed by atoms with Gasteiger partial charge in [0.05, 0.1) is 9.77 Å². The number of benzene rings is 1. The molecular formula is C23H28N4O4S2.